The topological polar surface area (TPSA) is 23.5 Å². The van der Waals surface area contributed by atoms with E-state index in [1.165, 1.54) is 24.8 Å². The van der Waals surface area contributed by atoms with Gasteiger partial charge >= 0.3 is 0 Å². The Morgan fingerprint density at radius 1 is 1.32 bits per heavy atom. The van der Waals surface area contributed by atoms with E-state index in [1.54, 1.807) is 0 Å². The van der Waals surface area contributed by atoms with Crippen LogP contribution in [0.3, 0.4) is 0 Å². The van der Waals surface area contributed by atoms with Crippen molar-refractivity contribution in [2.24, 2.45) is 5.92 Å². The van der Waals surface area contributed by atoms with Gasteiger partial charge in [0.2, 0.25) is 0 Å². The molecule has 1 heterocycles. The second-order valence-electron chi connectivity index (χ2n) is 6.03. The summed E-state index contributed by atoms with van der Waals surface area (Å²) in [6.07, 6.45) is 3.51. The van der Waals surface area contributed by atoms with Gasteiger partial charge in [0.05, 0.1) is 6.10 Å². The molecule has 106 valence electrons. The second-order valence-corrected chi connectivity index (χ2v) is 6.03. The first-order chi connectivity index (χ1) is 9.11. The molecule has 1 saturated heterocycles. The molecule has 0 amide bonds. The van der Waals surface area contributed by atoms with E-state index < -0.39 is 0 Å². The molecular formula is C17H27NO. The zero-order valence-corrected chi connectivity index (χ0v) is 12.5. The smallest absolute Gasteiger partial charge is 0.0942 e. The molecule has 2 heteroatoms. The standard InChI is InChI=1S/C17H27NO/c1-4-5-15-10-11-18(12-15)14(3)17(19)16-8-6-13(2)7-9-16/h6-9,14-15,17,19H,4-5,10-12H2,1-3H3. The van der Waals surface area contributed by atoms with E-state index in [0.717, 1.165) is 24.6 Å². The molecule has 3 unspecified atom stereocenters. The predicted molar refractivity (Wildman–Crippen MR) is 80.2 cm³/mol. The molecule has 1 aromatic rings. The Morgan fingerprint density at radius 2 is 2.00 bits per heavy atom. The summed E-state index contributed by atoms with van der Waals surface area (Å²) in [6.45, 7) is 8.77. The number of hydrogen-bond acceptors (Lipinski definition) is 2. The third kappa shape index (κ3) is 3.58. The van der Waals surface area contributed by atoms with Crippen molar-refractivity contribution in [2.75, 3.05) is 13.1 Å². The Bertz CT molecular complexity index is 387. The third-order valence-electron chi connectivity index (χ3n) is 4.47. The molecule has 1 fully saturated rings. The number of aliphatic hydroxyl groups excluding tert-OH is 1. The summed E-state index contributed by atoms with van der Waals surface area (Å²) in [5.74, 6) is 0.831. The molecule has 0 aromatic heterocycles. The SMILES string of the molecule is CCCC1CCN(C(C)C(O)c2ccc(C)cc2)C1. The Balaban J connectivity index is 1.96. The minimum absolute atomic E-state index is 0.213. The van der Waals surface area contributed by atoms with E-state index in [9.17, 15) is 5.11 Å². The van der Waals surface area contributed by atoms with Gasteiger partial charge in [-0.05, 0) is 44.7 Å². The van der Waals surface area contributed by atoms with Crippen molar-refractivity contribution in [3.05, 3.63) is 35.4 Å². The van der Waals surface area contributed by atoms with Gasteiger partial charge in [-0.1, -0.05) is 43.2 Å². The molecule has 19 heavy (non-hydrogen) atoms. The minimum Gasteiger partial charge on any atom is -0.387 e. The van der Waals surface area contributed by atoms with Gasteiger partial charge in [0.15, 0.2) is 0 Å². The number of rotatable bonds is 5. The molecule has 3 atom stereocenters. The van der Waals surface area contributed by atoms with Crippen LogP contribution in [0.25, 0.3) is 0 Å². The fourth-order valence-electron chi connectivity index (χ4n) is 3.12. The van der Waals surface area contributed by atoms with Crippen molar-refractivity contribution in [3.8, 4) is 0 Å². The van der Waals surface area contributed by atoms with Crippen molar-refractivity contribution < 1.29 is 5.11 Å². The molecule has 2 rings (SSSR count). The van der Waals surface area contributed by atoms with E-state index in [4.69, 9.17) is 0 Å². The van der Waals surface area contributed by atoms with Crippen molar-refractivity contribution in [1.29, 1.82) is 0 Å². The first-order valence-electron chi connectivity index (χ1n) is 7.60. The van der Waals surface area contributed by atoms with Crippen LogP contribution in [0.1, 0.15) is 50.3 Å². The Labute approximate surface area is 117 Å². The van der Waals surface area contributed by atoms with Crippen LogP contribution in [-0.2, 0) is 0 Å². The predicted octanol–water partition coefficient (Wildman–Crippen LogP) is 3.54. The lowest BCUT2D eigenvalue weighted by Crippen LogP contribution is -2.35. The molecule has 0 aliphatic carbocycles. The average Bonchev–Trinajstić information content (AvgIpc) is 2.87. The normalized spacial score (nSPS) is 23.5. The number of aryl methyl sites for hydroxylation is 1. The minimum atomic E-state index is -0.374. The van der Waals surface area contributed by atoms with Gasteiger partial charge < -0.3 is 5.11 Å². The molecule has 0 bridgehead atoms. The molecule has 2 nitrogen and oxygen atoms in total. The fraction of sp³-hybridized carbons (Fsp3) is 0.647. The number of benzene rings is 1. The van der Waals surface area contributed by atoms with Crippen LogP contribution in [0, 0.1) is 12.8 Å². The van der Waals surface area contributed by atoms with E-state index in [-0.39, 0.29) is 12.1 Å². The lowest BCUT2D eigenvalue weighted by molar-refractivity contribution is 0.0692. The van der Waals surface area contributed by atoms with Gasteiger partial charge in [-0.3, -0.25) is 4.90 Å². The third-order valence-corrected chi connectivity index (χ3v) is 4.47. The van der Waals surface area contributed by atoms with Gasteiger partial charge in [0.1, 0.15) is 0 Å². The monoisotopic (exact) mass is 261 g/mol. The molecule has 0 saturated carbocycles. The summed E-state index contributed by atoms with van der Waals surface area (Å²) in [5.41, 5.74) is 2.28. The molecule has 0 radical (unpaired) electrons. The Hall–Kier alpha value is -0.860. The maximum atomic E-state index is 10.5. The van der Waals surface area contributed by atoms with E-state index in [0.29, 0.717) is 0 Å². The van der Waals surface area contributed by atoms with Gasteiger partial charge in [0.25, 0.3) is 0 Å². The van der Waals surface area contributed by atoms with Crippen molar-refractivity contribution in [2.45, 2.75) is 52.2 Å². The van der Waals surface area contributed by atoms with Gasteiger partial charge in [-0.2, -0.15) is 0 Å². The zero-order valence-electron chi connectivity index (χ0n) is 12.5. The number of aliphatic hydroxyl groups is 1. The number of nitrogens with zero attached hydrogens (tertiary/aromatic N) is 1. The van der Waals surface area contributed by atoms with E-state index >= 15 is 0 Å². The maximum absolute atomic E-state index is 10.5. The van der Waals surface area contributed by atoms with Crippen LogP contribution in [-0.4, -0.2) is 29.1 Å². The van der Waals surface area contributed by atoms with Crippen molar-refractivity contribution >= 4 is 0 Å². The first-order valence-corrected chi connectivity index (χ1v) is 7.60. The highest BCUT2D eigenvalue weighted by Gasteiger charge is 2.29. The first kappa shape index (κ1) is 14.5. The highest BCUT2D eigenvalue weighted by atomic mass is 16.3. The average molecular weight is 261 g/mol. The van der Waals surface area contributed by atoms with Crippen LogP contribution in [0.15, 0.2) is 24.3 Å². The molecule has 1 aliphatic rings. The van der Waals surface area contributed by atoms with Crippen molar-refractivity contribution in [3.63, 3.8) is 0 Å². The lowest BCUT2D eigenvalue weighted by atomic mass is 10.0. The Kier molecular flexibility index (Phi) is 5.00. The van der Waals surface area contributed by atoms with E-state index in [1.807, 2.05) is 0 Å². The molecule has 0 spiro atoms. The molecule has 1 aliphatic heterocycles. The van der Waals surface area contributed by atoms with Crippen LogP contribution < -0.4 is 0 Å². The summed E-state index contributed by atoms with van der Waals surface area (Å²) in [4.78, 5) is 2.45. The Morgan fingerprint density at radius 3 is 2.63 bits per heavy atom. The molecule has 1 aromatic carbocycles. The van der Waals surface area contributed by atoms with Crippen LogP contribution >= 0.6 is 0 Å². The van der Waals surface area contributed by atoms with Gasteiger partial charge in [0, 0.05) is 12.6 Å². The fourth-order valence-corrected chi connectivity index (χ4v) is 3.12. The summed E-state index contributed by atoms with van der Waals surface area (Å²) >= 11 is 0. The summed E-state index contributed by atoms with van der Waals surface area (Å²) < 4.78 is 0. The summed E-state index contributed by atoms with van der Waals surface area (Å²) in [6, 6.07) is 8.47. The van der Waals surface area contributed by atoms with Crippen LogP contribution in [0.5, 0.6) is 0 Å². The largest absolute Gasteiger partial charge is 0.387 e. The van der Waals surface area contributed by atoms with Crippen LogP contribution in [0.2, 0.25) is 0 Å². The second kappa shape index (κ2) is 6.53. The summed E-state index contributed by atoms with van der Waals surface area (Å²) in [7, 11) is 0. The number of likely N-dealkylation sites (tertiary alicyclic amines) is 1. The summed E-state index contributed by atoms with van der Waals surface area (Å²) in [5, 5.41) is 10.5. The highest BCUT2D eigenvalue weighted by molar-refractivity contribution is 5.24. The molecule has 1 N–H and O–H groups in total. The van der Waals surface area contributed by atoms with E-state index in [2.05, 4.69) is 49.9 Å². The highest BCUT2D eigenvalue weighted by Crippen LogP contribution is 2.28. The lowest BCUT2D eigenvalue weighted by Gasteiger charge is -2.29. The van der Waals surface area contributed by atoms with Gasteiger partial charge in [-0.15, -0.1) is 0 Å². The zero-order chi connectivity index (χ0) is 13.8. The van der Waals surface area contributed by atoms with Crippen LogP contribution in [0.4, 0.5) is 0 Å². The van der Waals surface area contributed by atoms with Crippen molar-refractivity contribution in [1.82, 2.24) is 4.90 Å². The maximum Gasteiger partial charge on any atom is 0.0942 e. The quantitative estimate of drug-likeness (QED) is 0.876. The number of hydrogen-bond donors (Lipinski definition) is 1. The van der Waals surface area contributed by atoms with Gasteiger partial charge in [-0.25, -0.2) is 0 Å². The molecular weight excluding hydrogens is 234 g/mol.